The van der Waals surface area contributed by atoms with Crippen molar-refractivity contribution in [3.8, 4) is 33.6 Å². The van der Waals surface area contributed by atoms with E-state index >= 15 is 4.39 Å². The van der Waals surface area contributed by atoms with Gasteiger partial charge in [0.15, 0.2) is 5.67 Å². The van der Waals surface area contributed by atoms with E-state index in [0.29, 0.717) is 22.5 Å². The zero-order chi connectivity index (χ0) is 30.0. The van der Waals surface area contributed by atoms with Crippen LogP contribution >= 0.6 is 0 Å². The molecule has 1 aromatic heterocycles. The maximum Gasteiger partial charge on any atom is 0.187 e. The standard InChI is InChI=1S/C42H27FN2/c43-42-35-23-10-7-20-32(35)41(33-21-8-11-24-36(33)42,34-22-9-12-25-37(34)42)40-44-38(29-16-5-2-6-17-29)27-39(45-40)31-19-13-18-30(26-31)28-14-3-1-4-15-28/h1-27H. The van der Waals surface area contributed by atoms with Gasteiger partial charge in [-0.2, -0.15) is 0 Å². The molecule has 0 saturated carbocycles. The Morgan fingerprint density at radius 2 is 0.756 bits per heavy atom. The van der Waals surface area contributed by atoms with Gasteiger partial charge in [-0.25, -0.2) is 14.4 Å². The van der Waals surface area contributed by atoms with E-state index in [9.17, 15) is 0 Å². The Labute approximate surface area is 261 Å². The van der Waals surface area contributed by atoms with E-state index in [4.69, 9.17) is 9.97 Å². The highest BCUT2D eigenvalue weighted by Gasteiger charge is 2.61. The molecule has 2 bridgehead atoms. The van der Waals surface area contributed by atoms with Crippen molar-refractivity contribution in [2.75, 3.05) is 0 Å². The number of hydrogen-bond donors (Lipinski definition) is 0. The molecule has 0 saturated heterocycles. The molecule has 1 heterocycles. The lowest BCUT2D eigenvalue weighted by molar-refractivity contribution is 0.249. The first-order valence-corrected chi connectivity index (χ1v) is 15.3. The summed E-state index contributed by atoms with van der Waals surface area (Å²) >= 11 is 0. The molecule has 0 radical (unpaired) electrons. The molecule has 0 spiro atoms. The van der Waals surface area contributed by atoms with Gasteiger partial charge in [-0.3, -0.25) is 0 Å². The summed E-state index contributed by atoms with van der Waals surface area (Å²) in [4.78, 5) is 10.8. The smallest absolute Gasteiger partial charge is 0.187 e. The van der Waals surface area contributed by atoms with E-state index in [1.807, 2.05) is 78.9 Å². The Kier molecular flexibility index (Phi) is 5.54. The van der Waals surface area contributed by atoms with E-state index in [0.717, 1.165) is 50.3 Å². The highest BCUT2D eigenvalue weighted by Crippen LogP contribution is 2.64. The van der Waals surface area contributed by atoms with Crippen molar-refractivity contribution in [1.82, 2.24) is 9.97 Å². The third-order valence-electron chi connectivity index (χ3n) is 9.50. The number of halogens is 1. The molecule has 45 heavy (non-hydrogen) atoms. The highest BCUT2D eigenvalue weighted by atomic mass is 19.1. The van der Waals surface area contributed by atoms with Gasteiger partial charge in [0.25, 0.3) is 0 Å². The quantitative estimate of drug-likeness (QED) is 0.208. The van der Waals surface area contributed by atoms with Gasteiger partial charge in [0, 0.05) is 27.8 Å². The van der Waals surface area contributed by atoms with Crippen LogP contribution < -0.4 is 0 Å². The second-order valence-electron chi connectivity index (χ2n) is 11.8. The second-order valence-corrected chi connectivity index (χ2v) is 11.8. The van der Waals surface area contributed by atoms with Crippen molar-refractivity contribution < 1.29 is 4.39 Å². The van der Waals surface area contributed by atoms with Gasteiger partial charge in [-0.15, -0.1) is 0 Å². The summed E-state index contributed by atoms with van der Waals surface area (Å²) in [6.45, 7) is 0. The average molecular weight is 579 g/mol. The average Bonchev–Trinajstić information content (AvgIpc) is 3.13. The molecule has 7 aromatic rings. The normalized spacial score (nSPS) is 19.0. The van der Waals surface area contributed by atoms with Crippen LogP contribution in [0.3, 0.4) is 0 Å². The molecule has 0 amide bonds. The fraction of sp³-hybridized carbons (Fsp3) is 0.0476. The number of hydrogen-bond acceptors (Lipinski definition) is 2. The van der Waals surface area contributed by atoms with Gasteiger partial charge in [0.1, 0.15) is 11.2 Å². The summed E-state index contributed by atoms with van der Waals surface area (Å²) in [5.41, 5.74) is 7.86. The van der Waals surface area contributed by atoms with Gasteiger partial charge < -0.3 is 0 Å². The van der Waals surface area contributed by atoms with Gasteiger partial charge in [0.05, 0.1) is 11.4 Å². The molecule has 3 aliphatic rings. The maximum atomic E-state index is 17.9. The van der Waals surface area contributed by atoms with Crippen LogP contribution in [0.5, 0.6) is 0 Å². The van der Waals surface area contributed by atoms with Crippen LogP contribution in [0, 0.1) is 0 Å². The van der Waals surface area contributed by atoms with E-state index in [2.05, 4.69) is 84.9 Å². The highest BCUT2D eigenvalue weighted by molar-refractivity contribution is 5.79. The molecule has 0 unspecified atom stereocenters. The fourth-order valence-electron chi connectivity index (χ4n) is 7.57. The van der Waals surface area contributed by atoms with Crippen molar-refractivity contribution in [3.63, 3.8) is 0 Å². The number of benzene rings is 6. The summed E-state index contributed by atoms with van der Waals surface area (Å²) < 4.78 is 17.9. The van der Waals surface area contributed by atoms with Crippen molar-refractivity contribution in [2.45, 2.75) is 11.1 Å². The third kappa shape index (κ3) is 3.55. The summed E-state index contributed by atoms with van der Waals surface area (Å²) in [5.74, 6) is 0.637. The second kappa shape index (κ2) is 9.67. The fourth-order valence-corrected chi connectivity index (χ4v) is 7.57. The van der Waals surface area contributed by atoms with Crippen molar-refractivity contribution in [2.24, 2.45) is 0 Å². The SMILES string of the molecule is FC12c3ccccc3C(c3nc(-c4ccccc4)cc(-c4cccc(-c5ccccc5)c4)n3)(c3ccccc31)c1ccccc12. The monoisotopic (exact) mass is 578 g/mol. The first kappa shape index (κ1) is 25.8. The minimum Gasteiger partial charge on any atom is -0.231 e. The van der Waals surface area contributed by atoms with Crippen LogP contribution in [0.1, 0.15) is 39.2 Å². The molecule has 2 nitrogen and oxygen atoms in total. The Bertz CT molecular complexity index is 2120. The minimum atomic E-state index is -1.77. The molecule has 3 heteroatoms. The molecular weight excluding hydrogens is 551 g/mol. The lowest BCUT2D eigenvalue weighted by Gasteiger charge is -2.52. The number of alkyl halides is 1. The van der Waals surface area contributed by atoms with Gasteiger partial charge in [-0.05, 0) is 39.9 Å². The molecule has 6 aromatic carbocycles. The van der Waals surface area contributed by atoms with Crippen LogP contribution in [0.25, 0.3) is 33.6 Å². The van der Waals surface area contributed by atoms with E-state index in [1.54, 1.807) is 0 Å². The topological polar surface area (TPSA) is 25.8 Å². The predicted octanol–water partition coefficient (Wildman–Crippen LogP) is 9.75. The minimum absolute atomic E-state index is 0.637. The van der Waals surface area contributed by atoms with Crippen LogP contribution in [-0.4, -0.2) is 9.97 Å². The molecule has 3 aliphatic carbocycles. The predicted molar refractivity (Wildman–Crippen MR) is 178 cm³/mol. The molecule has 0 atom stereocenters. The van der Waals surface area contributed by atoms with Gasteiger partial charge in [-0.1, -0.05) is 152 Å². The Morgan fingerprint density at radius 1 is 0.356 bits per heavy atom. The summed E-state index contributed by atoms with van der Waals surface area (Å²) in [6, 6.07) is 55.0. The molecular formula is C42H27FN2. The number of aromatic nitrogens is 2. The third-order valence-corrected chi connectivity index (χ3v) is 9.50. The maximum absolute atomic E-state index is 17.9. The van der Waals surface area contributed by atoms with Crippen molar-refractivity contribution in [3.05, 3.63) is 203 Å². The summed E-state index contributed by atoms with van der Waals surface area (Å²) in [6.07, 6.45) is 0. The summed E-state index contributed by atoms with van der Waals surface area (Å²) in [7, 11) is 0. The van der Waals surface area contributed by atoms with E-state index < -0.39 is 11.1 Å². The zero-order valence-corrected chi connectivity index (χ0v) is 24.4. The van der Waals surface area contributed by atoms with Crippen LogP contribution in [0.15, 0.2) is 164 Å². The number of nitrogens with zero attached hydrogens (tertiary/aromatic N) is 2. The lowest BCUT2D eigenvalue weighted by atomic mass is 9.51. The lowest BCUT2D eigenvalue weighted by Crippen LogP contribution is -2.50. The van der Waals surface area contributed by atoms with E-state index in [-0.39, 0.29) is 0 Å². The van der Waals surface area contributed by atoms with E-state index in [1.165, 1.54) is 0 Å². The van der Waals surface area contributed by atoms with Gasteiger partial charge in [0.2, 0.25) is 0 Å². The Balaban J connectivity index is 1.39. The van der Waals surface area contributed by atoms with Crippen molar-refractivity contribution in [1.29, 1.82) is 0 Å². The molecule has 0 fully saturated rings. The largest absolute Gasteiger partial charge is 0.231 e. The van der Waals surface area contributed by atoms with Crippen LogP contribution in [0.2, 0.25) is 0 Å². The molecule has 212 valence electrons. The number of rotatable bonds is 4. The Morgan fingerprint density at radius 3 is 1.29 bits per heavy atom. The van der Waals surface area contributed by atoms with Crippen LogP contribution in [-0.2, 0) is 11.1 Å². The molecule has 0 aliphatic heterocycles. The molecule has 10 rings (SSSR count). The van der Waals surface area contributed by atoms with Crippen LogP contribution in [0.4, 0.5) is 4.39 Å². The summed E-state index contributed by atoms with van der Waals surface area (Å²) in [5, 5.41) is 0. The zero-order valence-electron chi connectivity index (χ0n) is 24.4. The molecule has 0 N–H and O–H groups in total. The first-order chi connectivity index (χ1) is 22.2. The Hall–Kier alpha value is -5.67. The van der Waals surface area contributed by atoms with Crippen molar-refractivity contribution >= 4 is 0 Å². The van der Waals surface area contributed by atoms with Gasteiger partial charge >= 0.3 is 0 Å². The first-order valence-electron chi connectivity index (χ1n) is 15.3.